The zero-order valence-electron chi connectivity index (χ0n) is 9.77. The van der Waals surface area contributed by atoms with Gasteiger partial charge in [-0.1, -0.05) is 29.8 Å². The Labute approximate surface area is 105 Å². The van der Waals surface area contributed by atoms with Gasteiger partial charge in [0.1, 0.15) is 0 Å². The predicted octanol–water partition coefficient (Wildman–Crippen LogP) is 1.83. The molecule has 1 unspecified atom stereocenters. The fourth-order valence-electron chi connectivity index (χ4n) is 1.36. The van der Waals surface area contributed by atoms with Gasteiger partial charge in [-0.05, 0) is 25.5 Å². The lowest BCUT2D eigenvalue weighted by Crippen LogP contribution is -2.45. The van der Waals surface area contributed by atoms with Gasteiger partial charge in [0.15, 0.2) is 5.60 Å². The molecule has 0 amide bonds. The van der Waals surface area contributed by atoms with Gasteiger partial charge in [0, 0.05) is 17.6 Å². The van der Waals surface area contributed by atoms with Crippen molar-refractivity contribution in [2.24, 2.45) is 0 Å². The number of aliphatic carboxylic acids is 1. The molecule has 0 aliphatic heterocycles. The van der Waals surface area contributed by atoms with Crippen LogP contribution in [0.1, 0.15) is 25.5 Å². The standard InChI is InChI=1S/C12H16ClNO3/c1-8(9-5-3-4-6-10(9)13)14-7-12(2,17)11(15)16/h3-6,8,14,17H,7H2,1-2H3,(H,15,16)/t8-,12?/m0/s1. The van der Waals surface area contributed by atoms with E-state index in [0.717, 1.165) is 5.56 Å². The fourth-order valence-corrected chi connectivity index (χ4v) is 1.66. The largest absolute Gasteiger partial charge is 0.479 e. The lowest BCUT2D eigenvalue weighted by Gasteiger charge is -2.22. The van der Waals surface area contributed by atoms with E-state index < -0.39 is 11.6 Å². The lowest BCUT2D eigenvalue weighted by molar-refractivity contribution is -0.156. The summed E-state index contributed by atoms with van der Waals surface area (Å²) in [5, 5.41) is 21.9. The van der Waals surface area contributed by atoms with Crippen LogP contribution in [0.25, 0.3) is 0 Å². The summed E-state index contributed by atoms with van der Waals surface area (Å²) in [6.45, 7) is 3.07. The number of halogens is 1. The maximum atomic E-state index is 10.7. The van der Waals surface area contributed by atoms with E-state index in [1.807, 2.05) is 25.1 Å². The molecule has 0 saturated heterocycles. The molecule has 0 fully saturated rings. The van der Waals surface area contributed by atoms with Crippen LogP contribution in [0, 0.1) is 0 Å². The topological polar surface area (TPSA) is 69.6 Å². The molecule has 5 heteroatoms. The van der Waals surface area contributed by atoms with Gasteiger partial charge in [-0.15, -0.1) is 0 Å². The highest BCUT2D eigenvalue weighted by Gasteiger charge is 2.30. The lowest BCUT2D eigenvalue weighted by atomic mass is 10.0. The smallest absolute Gasteiger partial charge is 0.336 e. The van der Waals surface area contributed by atoms with Crippen LogP contribution in [0.2, 0.25) is 5.02 Å². The van der Waals surface area contributed by atoms with Crippen molar-refractivity contribution in [1.82, 2.24) is 5.32 Å². The van der Waals surface area contributed by atoms with Crippen LogP contribution in [-0.2, 0) is 4.79 Å². The molecule has 0 saturated carbocycles. The summed E-state index contributed by atoms with van der Waals surface area (Å²) >= 11 is 6.01. The fraction of sp³-hybridized carbons (Fsp3) is 0.417. The molecule has 3 N–H and O–H groups in total. The number of carbonyl (C=O) groups is 1. The van der Waals surface area contributed by atoms with Crippen molar-refractivity contribution in [3.63, 3.8) is 0 Å². The first-order valence-electron chi connectivity index (χ1n) is 5.28. The second kappa shape index (κ2) is 5.49. The quantitative estimate of drug-likeness (QED) is 0.753. The van der Waals surface area contributed by atoms with Crippen molar-refractivity contribution < 1.29 is 15.0 Å². The first kappa shape index (κ1) is 14.0. The zero-order valence-corrected chi connectivity index (χ0v) is 10.5. The summed E-state index contributed by atoms with van der Waals surface area (Å²) in [5.41, 5.74) is -0.912. The molecule has 0 bridgehead atoms. The second-order valence-electron chi connectivity index (χ2n) is 4.20. The number of benzene rings is 1. The molecular weight excluding hydrogens is 242 g/mol. The summed E-state index contributed by atoms with van der Waals surface area (Å²) in [4.78, 5) is 10.7. The molecule has 1 aromatic carbocycles. The zero-order chi connectivity index (χ0) is 13.1. The molecular formula is C12H16ClNO3. The van der Waals surface area contributed by atoms with Crippen molar-refractivity contribution in [3.8, 4) is 0 Å². The molecule has 0 heterocycles. The molecule has 1 rings (SSSR count). The number of rotatable bonds is 5. The number of nitrogens with one attached hydrogen (secondary N) is 1. The highest BCUT2D eigenvalue weighted by molar-refractivity contribution is 6.31. The van der Waals surface area contributed by atoms with Gasteiger partial charge < -0.3 is 15.5 Å². The summed E-state index contributed by atoms with van der Waals surface area (Å²) < 4.78 is 0. The number of hydrogen-bond acceptors (Lipinski definition) is 3. The summed E-state index contributed by atoms with van der Waals surface area (Å²) in [6, 6.07) is 7.18. The third kappa shape index (κ3) is 3.70. The first-order valence-corrected chi connectivity index (χ1v) is 5.66. The Kier molecular flexibility index (Phi) is 4.51. The predicted molar refractivity (Wildman–Crippen MR) is 66.1 cm³/mol. The van der Waals surface area contributed by atoms with Gasteiger partial charge in [-0.3, -0.25) is 0 Å². The summed E-state index contributed by atoms with van der Waals surface area (Å²) in [6.07, 6.45) is 0. The van der Waals surface area contributed by atoms with Crippen LogP contribution in [0.5, 0.6) is 0 Å². The third-order valence-corrected chi connectivity index (χ3v) is 2.93. The van der Waals surface area contributed by atoms with Gasteiger partial charge in [0.25, 0.3) is 0 Å². The Bertz CT molecular complexity index is 406. The average Bonchev–Trinajstić information content (AvgIpc) is 2.26. The third-order valence-electron chi connectivity index (χ3n) is 2.58. The Morgan fingerprint density at radius 3 is 2.65 bits per heavy atom. The number of aliphatic hydroxyl groups is 1. The minimum atomic E-state index is -1.78. The monoisotopic (exact) mass is 257 g/mol. The molecule has 2 atom stereocenters. The normalized spacial score (nSPS) is 16.2. The van der Waals surface area contributed by atoms with Gasteiger partial charge >= 0.3 is 5.97 Å². The van der Waals surface area contributed by atoms with Gasteiger partial charge in [0.05, 0.1) is 0 Å². The van der Waals surface area contributed by atoms with Crippen LogP contribution in [-0.4, -0.2) is 28.3 Å². The first-order chi connectivity index (χ1) is 7.84. The molecule has 0 radical (unpaired) electrons. The maximum absolute atomic E-state index is 10.7. The highest BCUT2D eigenvalue weighted by atomic mass is 35.5. The van der Waals surface area contributed by atoms with E-state index in [-0.39, 0.29) is 12.6 Å². The molecule has 0 aliphatic rings. The molecule has 4 nitrogen and oxygen atoms in total. The number of carboxylic acids is 1. The van der Waals surface area contributed by atoms with Gasteiger partial charge in [-0.25, -0.2) is 4.79 Å². The Morgan fingerprint density at radius 2 is 2.12 bits per heavy atom. The van der Waals surface area contributed by atoms with Crippen molar-refractivity contribution in [3.05, 3.63) is 34.9 Å². The van der Waals surface area contributed by atoms with E-state index in [1.54, 1.807) is 6.07 Å². The minimum Gasteiger partial charge on any atom is -0.479 e. The number of hydrogen-bond donors (Lipinski definition) is 3. The van der Waals surface area contributed by atoms with Crippen molar-refractivity contribution in [1.29, 1.82) is 0 Å². The van der Waals surface area contributed by atoms with E-state index in [2.05, 4.69) is 5.32 Å². The Morgan fingerprint density at radius 1 is 1.53 bits per heavy atom. The average molecular weight is 258 g/mol. The molecule has 94 valence electrons. The van der Waals surface area contributed by atoms with E-state index in [4.69, 9.17) is 16.7 Å². The summed E-state index contributed by atoms with van der Waals surface area (Å²) in [5.74, 6) is -1.25. The molecule has 1 aromatic rings. The molecule has 0 aromatic heterocycles. The van der Waals surface area contributed by atoms with Crippen molar-refractivity contribution >= 4 is 17.6 Å². The molecule has 0 aliphatic carbocycles. The van der Waals surface area contributed by atoms with Crippen LogP contribution in [0.4, 0.5) is 0 Å². The van der Waals surface area contributed by atoms with E-state index in [1.165, 1.54) is 6.92 Å². The Balaban J connectivity index is 2.65. The SMILES string of the molecule is C[C@H](NCC(C)(O)C(=O)O)c1ccccc1Cl. The molecule has 0 spiro atoms. The van der Waals surface area contributed by atoms with Crippen LogP contribution < -0.4 is 5.32 Å². The van der Waals surface area contributed by atoms with Crippen LogP contribution in [0.3, 0.4) is 0 Å². The second-order valence-corrected chi connectivity index (χ2v) is 4.61. The van der Waals surface area contributed by atoms with E-state index >= 15 is 0 Å². The van der Waals surface area contributed by atoms with E-state index in [9.17, 15) is 9.90 Å². The maximum Gasteiger partial charge on any atom is 0.336 e. The van der Waals surface area contributed by atoms with Crippen molar-refractivity contribution in [2.75, 3.05) is 6.54 Å². The van der Waals surface area contributed by atoms with Gasteiger partial charge in [0.2, 0.25) is 0 Å². The van der Waals surface area contributed by atoms with Crippen LogP contribution in [0.15, 0.2) is 24.3 Å². The number of carboxylic acid groups (broad SMARTS) is 1. The molecule has 17 heavy (non-hydrogen) atoms. The van der Waals surface area contributed by atoms with Crippen molar-refractivity contribution in [2.45, 2.75) is 25.5 Å². The Hall–Kier alpha value is -1.10. The summed E-state index contributed by atoms with van der Waals surface area (Å²) in [7, 11) is 0. The minimum absolute atomic E-state index is 0.0469. The van der Waals surface area contributed by atoms with E-state index in [0.29, 0.717) is 5.02 Å². The van der Waals surface area contributed by atoms with Crippen LogP contribution >= 0.6 is 11.6 Å². The van der Waals surface area contributed by atoms with Gasteiger partial charge in [-0.2, -0.15) is 0 Å². The highest BCUT2D eigenvalue weighted by Crippen LogP contribution is 2.22.